The number of fused-ring (bicyclic) bond motifs is 1. The van der Waals surface area contributed by atoms with Crippen LogP contribution in [0, 0.1) is 0 Å². The van der Waals surface area contributed by atoms with Gasteiger partial charge >= 0.3 is 0 Å². The van der Waals surface area contributed by atoms with Gasteiger partial charge in [-0.2, -0.15) is 4.37 Å². The molecular weight excluding hydrogens is 222 g/mol. The first-order valence-electron chi connectivity index (χ1n) is 3.29. The number of benzene rings is 1. The molecule has 1 nitrogen and oxygen atoms in total. The topological polar surface area (TPSA) is 12.9 Å². The van der Waals surface area contributed by atoms with E-state index in [1.807, 2.05) is 6.20 Å². The van der Waals surface area contributed by atoms with E-state index >= 15 is 0 Å². The van der Waals surface area contributed by atoms with Gasteiger partial charge in [-0.05, 0) is 29.2 Å². The molecule has 0 bridgehead atoms. The number of halogens is 1. The van der Waals surface area contributed by atoms with Crippen molar-refractivity contribution in [3.8, 4) is 0 Å². The predicted octanol–water partition coefficient (Wildman–Crippen LogP) is 3.19. The lowest BCUT2D eigenvalue weighted by Crippen LogP contribution is -1.73. The van der Waals surface area contributed by atoms with Crippen LogP contribution in [-0.4, -0.2) is 4.37 Å². The van der Waals surface area contributed by atoms with Crippen LogP contribution < -0.4 is 0 Å². The molecule has 11 heavy (non-hydrogen) atoms. The molecule has 0 saturated heterocycles. The highest BCUT2D eigenvalue weighted by molar-refractivity contribution is 9.08. The van der Waals surface area contributed by atoms with E-state index in [-0.39, 0.29) is 0 Å². The number of rotatable bonds is 1. The average Bonchev–Trinajstić information content (AvgIpc) is 2.50. The number of hydrogen-bond acceptors (Lipinski definition) is 2. The fourth-order valence-electron chi connectivity index (χ4n) is 1.00. The molecular formula is C8H6BrNS. The molecule has 0 unspecified atom stereocenters. The highest BCUT2D eigenvalue weighted by Crippen LogP contribution is 2.20. The van der Waals surface area contributed by atoms with Crippen molar-refractivity contribution in [1.29, 1.82) is 0 Å². The SMILES string of the molecule is BrCc1ccc2sncc2c1. The summed E-state index contributed by atoms with van der Waals surface area (Å²) in [6.07, 6.45) is 1.91. The molecule has 2 aromatic rings. The normalized spacial score (nSPS) is 10.6. The van der Waals surface area contributed by atoms with Crippen molar-refractivity contribution in [2.45, 2.75) is 5.33 Å². The summed E-state index contributed by atoms with van der Waals surface area (Å²) in [6, 6.07) is 6.40. The minimum atomic E-state index is 0.915. The smallest absolute Gasteiger partial charge is 0.0550 e. The maximum Gasteiger partial charge on any atom is 0.0550 e. The Balaban J connectivity index is 2.67. The minimum Gasteiger partial charge on any atom is -0.200 e. The summed E-state index contributed by atoms with van der Waals surface area (Å²) in [7, 11) is 0. The van der Waals surface area contributed by atoms with Gasteiger partial charge in [0.2, 0.25) is 0 Å². The Bertz CT molecular complexity index is 369. The Morgan fingerprint density at radius 3 is 3.18 bits per heavy atom. The second kappa shape index (κ2) is 2.91. The van der Waals surface area contributed by atoms with E-state index in [0.717, 1.165) is 5.33 Å². The fraction of sp³-hybridized carbons (Fsp3) is 0.125. The summed E-state index contributed by atoms with van der Waals surface area (Å²) < 4.78 is 5.36. The van der Waals surface area contributed by atoms with Gasteiger partial charge in [0.15, 0.2) is 0 Å². The molecule has 0 fully saturated rings. The first-order valence-corrected chi connectivity index (χ1v) is 5.19. The van der Waals surface area contributed by atoms with Crippen LogP contribution in [0.3, 0.4) is 0 Å². The van der Waals surface area contributed by atoms with Gasteiger partial charge in [-0.15, -0.1) is 0 Å². The number of alkyl halides is 1. The van der Waals surface area contributed by atoms with Gasteiger partial charge in [-0.3, -0.25) is 0 Å². The zero-order valence-electron chi connectivity index (χ0n) is 5.75. The van der Waals surface area contributed by atoms with Crippen molar-refractivity contribution in [3.63, 3.8) is 0 Å². The van der Waals surface area contributed by atoms with E-state index in [1.165, 1.54) is 15.6 Å². The van der Waals surface area contributed by atoms with Crippen LogP contribution in [0.15, 0.2) is 24.4 Å². The van der Waals surface area contributed by atoms with Crippen LogP contribution in [-0.2, 0) is 5.33 Å². The summed E-state index contributed by atoms with van der Waals surface area (Å²) >= 11 is 4.96. The number of hydrogen-bond donors (Lipinski definition) is 0. The largest absolute Gasteiger partial charge is 0.200 e. The fourth-order valence-corrected chi connectivity index (χ4v) is 1.98. The van der Waals surface area contributed by atoms with E-state index in [1.54, 1.807) is 11.5 Å². The van der Waals surface area contributed by atoms with Crippen molar-refractivity contribution >= 4 is 37.5 Å². The highest BCUT2D eigenvalue weighted by atomic mass is 79.9. The Labute approximate surface area is 77.3 Å². The monoisotopic (exact) mass is 227 g/mol. The van der Waals surface area contributed by atoms with Crippen LogP contribution in [0.5, 0.6) is 0 Å². The third-order valence-electron chi connectivity index (χ3n) is 1.57. The molecule has 1 aromatic heterocycles. The molecule has 1 aromatic carbocycles. The predicted molar refractivity (Wildman–Crippen MR) is 52.3 cm³/mol. The molecule has 2 rings (SSSR count). The minimum absolute atomic E-state index is 0.915. The van der Waals surface area contributed by atoms with Crippen molar-refractivity contribution in [2.24, 2.45) is 0 Å². The molecule has 0 aliphatic rings. The molecule has 0 aliphatic heterocycles. The molecule has 0 N–H and O–H groups in total. The van der Waals surface area contributed by atoms with E-state index in [4.69, 9.17) is 0 Å². The molecule has 0 radical (unpaired) electrons. The van der Waals surface area contributed by atoms with Crippen LogP contribution in [0.1, 0.15) is 5.56 Å². The zero-order valence-corrected chi connectivity index (χ0v) is 8.15. The average molecular weight is 228 g/mol. The van der Waals surface area contributed by atoms with E-state index in [2.05, 4.69) is 38.5 Å². The van der Waals surface area contributed by atoms with Gasteiger partial charge in [0, 0.05) is 16.9 Å². The van der Waals surface area contributed by atoms with Crippen LogP contribution in [0.2, 0.25) is 0 Å². The first kappa shape index (κ1) is 7.25. The second-order valence-corrected chi connectivity index (χ2v) is 3.73. The quantitative estimate of drug-likeness (QED) is 0.683. The van der Waals surface area contributed by atoms with Gasteiger partial charge in [0.1, 0.15) is 0 Å². The second-order valence-electron chi connectivity index (χ2n) is 2.33. The van der Waals surface area contributed by atoms with E-state index < -0.39 is 0 Å². The molecule has 0 spiro atoms. The summed E-state index contributed by atoms with van der Waals surface area (Å²) in [6.45, 7) is 0. The molecule has 0 atom stereocenters. The summed E-state index contributed by atoms with van der Waals surface area (Å²) in [4.78, 5) is 0. The van der Waals surface area contributed by atoms with Gasteiger partial charge < -0.3 is 0 Å². The van der Waals surface area contributed by atoms with Crippen molar-refractivity contribution < 1.29 is 0 Å². The summed E-state index contributed by atoms with van der Waals surface area (Å²) in [5.74, 6) is 0. The first-order chi connectivity index (χ1) is 5.40. The van der Waals surface area contributed by atoms with Gasteiger partial charge in [0.25, 0.3) is 0 Å². The highest BCUT2D eigenvalue weighted by Gasteiger charge is 1.96. The molecule has 1 heterocycles. The van der Waals surface area contributed by atoms with E-state index in [0.29, 0.717) is 0 Å². The molecule has 0 aliphatic carbocycles. The molecule has 0 amide bonds. The van der Waals surface area contributed by atoms with Crippen molar-refractivity contribution in [2.75, 3.05) is 0 Å². The van der Waals surface area contributed by atoms with Gasteiger partial charge in [-0.1, -0.05) is 22.0 Å². The van der Waals surface area contributed by atoms with Gasteiger partial charge in [-0.25, -0.2) is 0 Å². The Kier molecular flexibility index (Phi) is 1.92. The third-order valence-corrected chi connectivity index (χ3v) is 3.00. The lowest BCUT2D eigenvalue weighted by molar-refractivity contribution is 1.47. The van der Waals surface area contributed by atoms with Gasteiger partial charge in [0.05, 0.1) is 4.70 Å². The van der Waals surface area contributed by atoms with Crippen molar-refractivity contribution in [1.82, 2.24) is 4.37 Å². The maximum atomic E-state index is 4.10. The molecule has 0 saturated carbocycles. The Morgan fingerprint density at radius 2 is 2.36 bits per heavy atom. The van der Waals surface area contributed by atoms with Crippen LogP contribution in [0.25, 0.3) is 10.1 Å². The van der Waals surface area contributed by atoms with Crippen molar-refractivity contribution in [3.05, 3.63) is 30.0 Å². The van der Waals surface area contributed by atoms with E-state index in [9.17, 15) is 0 Å². The summed E-state index contributed by atoms with van der Waals surface area (Å²) in [5.41, 5.74) is 1.30. The third kappa shape index (κ3) is 1.30. The lowest BCUT2D eigenvalue weighted by atomic mass is 10.2. The van der Waals surface area contributed by atoms with Crippen LogP contribution in [0.4, 0.5) is 0 Å². The lowest BCUT2D eigenvalue weighted by Gasteiger charge is -1.92. The standard InChI is InChI=1S/C8H6BrNS/c9-4-6-1-2-8-7(3-6)5-10-11-8/h1-3,5H,4H2. The summed E-state index contributed by atoms with van der Waals surface area (Å²) in [5, 5.41) is 2.16. The zero-order chi connectivity index (χ0) is 7.68. The number of nitrogens with zero attached hydrogens (tertiary/aromatic N) is 1. The molecule has 56 valence electrons. The Hall–Kier alpha value is -0.410. The number of aromatic nitrogens is 1. The molecule has 3 heteroatoms. The Morgan fingerprint density at radius 1 is 1.45 bits per heavy atom. The van der Waals surface area contributed by atoms with Crippen LogP contribution >= 0.6 is 27.5 Å². The maximum absolute atomic E-state index is 4.10.